The molecule has 2 N–H and O–H groups in total. The number of rotatable bonds is 7. The zero-order valence-electron chi connectivity index (χ0n) is 17.9. The van der Waals surface area contributed by atoms with Crippen LogP contribution < -0.4 is 10.6 Å². The van der Waals surface area contributed by atoms with Crippen LogP contribution in [0.3, 0.4) is 0 Å². The van der Waals surface area contributed by atoms with Crippen LogP contribution in [0, 0.1) is 6.92 Å². The summed E-state index contributed by atoms with van der Waals surface area (Å²) in [7, 11) is 0. The SMILES string of the molecule is Cc1onc(-c2ccccc2Cl)c1C(=O)Nc1nnc(SCC(=O)Nc2nc3ccccc3s2)s1. The van der Waals surface area contributed by atoms with Gasteiger partial charge in [0.05, 0.1) is 21.0 Å². The molecule has 2 amide bonds. The molecule has 0 aliphatic heterocycles. The molecule has 0 bridgehead atoms. The van der Waals surface area contributed by atoms with Gasteiger partial charge >= 0.3 is 0 Å². The Morgan fingerprint density at radius 3 is 2.66 bits per heavy atom. The predicted molar refractivity (Wildman–Crippen MR) is 139 cm³/mol. The molecule has 3 heterocycles. The smallest absolute Gasteiger partial charge is 0.263 e. The molecule has 0 fully saturated rings. The van der Waals surface area contributed by atoms with Crippen molar-refractivity contribution in [1.29, 1.82) is 0 Å². The minimum absolute atomic E-state index is 0.125. The molecule has 9 nitrogen and oxygen atoms in total. The minimum Gasteiger partial charge on any atom is -0.360 e. The number of anilines is 2. The Morgan fingerprint density at radius 1 is 1.03 bits per heavy atom. The van der Waals surface area contributed by atoms with Crippen molar-refractivity contribution < 1.29 is 14.1 Å². The maximum absolute atomic E-state index is 13.0. The highest BCUT2D eigenvalue weighted by Gasteiger charge is 2.24. The number of hydrogen-bond donors (Lipinski definition) is 2. The predicted octanol–water partition coefficient (Wildman–Crippen LogP) is 5.75. The molecule has 13 heteroatoms. The van der Waals surface area contributed by atoms with E-state index in [1.54, 1.807) is 31.2 Å². The van der Waals surface area contributed by atoms with Gasteiger partial charge in [0.15, 0.2) is 9.47 Å². The van der Waals surface area contributed by atoms with Crippen LogP contribution in [0.1, 0.15) is 16.1 Å². The van der Waals surface area contributed by atoms with Crippen LogP contribution in [0.2, 0.25) is 5.02 Å². The molecule has 3 aromatic heterocycles. The molecule has 176 valence electrons. The summed E-state index contributed by atoms with van der Waals surface area (Å²) < 4.78 is 6.78. The second-order valence-corrected chi connectivity index (χ2v) is 10.7. The summed E-state index contributed by atoms with van der Waals surface area (Å²) in [6, 6.07) is 14.7. The summed E-state index contributed by atoms with van der Waals surface area (Å²) in [5.74, 6) is -0.178. The van der Waals surface area contributed by atoms with Gasteiger partial charge < -0.3 is 9.84 Å². The molecular formula is C22H15ClN6O3S3. The van der Waals surface area contributed by atoms with Gasteiger partial charge in [-0.25, -0.2) is 4.98 Å². The third kappa shape index (κ3) is 5.20. The molecule has 2 aromatic carbocycles. The summed E-state index contributed by atoms with van der Waals surface area (Å²) in [4.78, 5) is 29.7. The van der Waals surface area contributed by atoms with Crippen LogP contribution in [0.15, 0.2) is 57.4 Å². The van der Waals surface area contributed by atoms with E-state index in [9.17, 15) is 9.59 Å². The zero-order valence-corrected chi connectivity index (χ0v) is 21.1. The fourth-order valence-electron chi connectivity index (χ4n) is 3.16. The molecule has 0 radical (unpaired) electrons. The highest BCUT2D eigenvalue weighted by molar-refractivity contribution is 8.01. The molecule has 5 rings (SSSR count). The number of halogens is 1. The van der Waals surface area contributed by atoms with Crippen LogP contribution in [-0.2, 0) is 4.79 Å². The monoisotopic (exact) mass is 542 g/mol. The molecule has 0 aliphatic carbocycles. The van der Waals surface area contributed by atoms with Crippen molar-refractivity contribution in [2.75, 3.05) is 16.4 Å². The van der Waals surface area contributed by atoms with E-state index < -0.39 is 5.91 Å². The van der Waals surface area contributed by atoms with Gasteiger partial charge in [-0.3, -0.25) is 14.9 Å². The van der Waals surface area contributed by atoms with Gasteiger partial charge in [0.25, 0.3) is 5.91 Å². The van der Waals surface area contributed by atoms with Crippen molar-refractivity contribution in [3.63, 3.8) is 0 Å². The van der Waals surface area contributed by atoms with Crippen molar-refractivity contribution in [3.8, 4) is 11.3 Å². The van der Waals surface area contributed by atoms with Crippen molar-refractivity contribution in [1.82, 2.24) is 20.3 Å². The van der Waals surface area contributed by atoms with E-state index in [-0.39, 0.29) is 22.4 Å². The number of amides is 2. The van der Waals surface area contributed by atoms with Crippen molar-refractivity contribution in [2.45, 2.75) is 11.3 Å². The molecule has 0 saturated heterocycles. The number of carbonyl (C=O) groups is 2. The van der Waals surface area contributed by atoms with Crippen molar-refractivity contribution in [2.24, 2.45) is 0 Å². The average Bonchev–Trinajstić information content (AvgIpc) is 3.56. The third-order valence-corrected chi connectivity index (χ3v) is 7.97. The lowest BCUT2D eigenvalue weighted by molar-refractivity contribution is -0.113. The van der Waals surface area contributed by atoms with E-state index in [0.717, 1.165) is 21.6 Å². The molecular weight excluding hydrogens is 528 g/mol. The van der Waals surface area contributed by atoms with Crippen LogP contribution >= 0.6 is 46.0 Å². The van der Waals surface area contributed by atoms with E-state index in [1.807, 2.05) is 24.3 Å². The lowest BCUT2D eigenvalue weighted by atomic mass is 10.1. The molecule has 0 atom stereocenters. The number of carbonyl (C=O) groups excluding carboxylic acids is 2. The number of fused-ring (bicyclic) bond motifs is 1. The lowest BCUT2D eigenvalue weighted by Gasteiger charge is -2.04. The minimum atomic E-state index is -0.444. The van der Waals surface area contributed by atoms with E-state index in [0.29, 0.717) is 31.5 Å². The molecule has 0 aliphatic rings. The largest absolute Gasteiger partial charge is 0.360 e. The summed E-state index contributed by atoms with van der Waals surface area (Å²) in [5, 5.41) is 18.9. The number of para-hydroxylation sites is 1. The summed E-state index contributed by atoms with van der Waals surface area (Å²) in [5.41, 5.74) is 2.03. The van der Waals surface area contributed by atoms with Crippen LogP contribution in [0.5, 0.6) is 0 Å². The third-order valence-electron chi connectivity index (χ3n) is 4.71. The molecule has 35 heavy (non-hydrogen) atoms. The lowest BCUT2D eigenvalue weighted by Crippen LogP contribution is -2.13. The number of nitrogens with one attached hydrogen (secondary N) is 2. The normalized spacial score (nSPS) is 11.0. The Balaban J connectivity index is 1.21. The van der Waals surface area contributed by atoms with Crippen molar-refractivity contribution >= 4 is 78.3 Å². The maximum Gasteiger partial charge on any atom is 0.263 e. The quantitative estimate of drug-likeness (QED) is 0.197. The van der Waals surface area contributed by atoms with Crippen LogP contribution in [-0.4, -0.2) is 37.9 Å². The fraction of sp³-hybridized carbons (Fsp3) is 0.0909. The first-order valence-electron chi connectivity index (χ1n) is 10.1. The van der Waals surface area contributed by atoms with Gasteiger partial charge in [0, 0.05) is 5.56 Å². The number of hydrogen-bond acceptors (Lipinski definition) is 10. The number of nitrogens with zero attached hydrogens (tertiary/aromatic N) is 4. The van der Waals surface area contributed by atoms with E-state index in [4.69, 9.17) is 16.1 Å². The second-order valence-electron chi connectivity index (χ2n) is 7.09. The number of thioether (sulfide) groups is 1. The topological polar surface area (TPSA) is 123 Å². The van der Waals surface area contributed by atoms with Gasteiger partial charge in [0.1, 0.15) is 17.0 Å². The number of thiazole rings is 1. The number of aryl methyl sites for hydroxylation is 1. The van der Waals surface area contributed by atoms with Gasteiger partial charge in [-0.1, -0.05) is 81.5 Å². The fourth-order valence-corrected chi connectivity index (χ4v) is 5.82. The maximum atomic E-state index is 13.0. The zero-order chi connectivity index (χ0) is 24.4. The van der Waals surface area contributed by atoms with Gasteiger partial charge in [0.2, 0.25) is 11.0 Å². The first-order chi connectivity index (χ1) is 17.0. The Hall–Kier alpha value is -3.32. The van der Waals surface area contributed by atoms with Gasteiger partial charge in [-0.15, -0.1) is 10.2 Å². The first kappa shape index (κ1) is 23.4. The first-order valence-corrected chi connectivity index (χ1v) is 13.1. The second kappa shape index (κ2) is 10.1. The summed E-state index contributed by atoms with van der Waals surface area (Å²) in [6.45, 7) is 1.65. The molecule has 0 saturated carbocycles. The summed E-state index contributed by atoms with van der Waals surface area (Å²) >= 11 is 10.1. The summed E-state index contributed by atoms with van der Waals surface area (Å²) in [6.07, 6.45) is 0. The van der Waals surface area contributed by atoms with E-state index in [2.05, 4.69) is 31.0 Å². The number of benzene rings is 2. The van der Waals surface area contributed by atoms with E-state index in [1.165, 1.54) is 23.1 Å². The average molecular weight is 543 g/mol. The highest BCUT2D eigenvalue weighted by Crippen LogP contribution is 2.32. The molecule has 0 unspecified atom stereocenters. The van der Waals surface area contributed by atoms with E-state index >= 15 is 0 Å². The Bertz CT molecular complexity index is 1510. The van der Waals surface area contributed by atoms with Gasteiger partial charge in [-0.2, -0.15) is 0 Å². The van der Waals surface area contributed by atoms with Crippen molar-refractivity contribution in [3.05, 3.63) is 64.9 Å². The van der Waals surface area contributed by atoms with Crippen LogP contribution in [0.4, 0.5) is 10.3 Å². The number of aromatic nitrogens is 4. The molecule has 5 aromatic rings. The highest BCUT2D eigenvalue weighted by atomic mass is 35.5. The standard InChI is InChI=1S/C22H15ClN6O3S3/c1-11-17(18(29-32-11)12-6-2-3-7-13(12)23)19(31)26-21-27-28-22(35-21)33-10-16(30)25-20-24-14-8-4-5-9-15(14)34-20/h2-9H,10H2,1H3,(H,24,25,30)(H,26,27,31). The van der Waals surface area contributed by atoms with Crippen LogP contribution in [0.25, 0.3) is 21.5 Å². The van der Waals surface area contributed by atoms with Gasteiger partial charge in [-0.05, 0) is 25.1 Å². The Morgan fingerprint density at radius 2 is 1.83 bits per heavy atom. The Kier molecular flexibility index (Phi) is 6.77. The molecule has 0 spiro atoms. The Labute approximate surface area is 215 Å².